The molecular weight excluding hydrogens is 222 g/mol. The Morgan fingerprint density at radius 3 is 2.50 bits per heavy atom. The first-order valence-electron chi connectivity index (χ1n) is 6.20. The molecule has 0 unspecified atom stereocenters. The average Bonchev–Trinajstić information content (AvgIpc) is 2.67. The van der Waals surface area contributed by atoms with E-state index in [1.807, 2.05) is 30.7 Å². The number of benzene rings is 1. The molecule has 3 heteroatoms. The fraction of sp³-hybridized carbons (Fsp3) is 0.333. The molecule has 0 radical (unpaired) electrons. The number of aromatic nitrogens is 2. The van der Waals surface area contributed by atoms with E-state index in [1.54, 1.807) is 0 Å². The molecule has 0 saturated carbocycles. The fourth-order valence-electron chi connectivity index (χ4n) is 2.06. The Morgan fingerprint density at radius 1 is 1.28 bits per heavy atom. The molecule has 0 amide bonds. The van der Waals surface area contributed by atoms with Crippen molar-refractivity contribution in [3.05, 3.63) is 41.3 Å². The summed E-state index contributed by atoms with van der Waals surface area (Å²) in [7, 11) is 1.87. The summed E-state index contributed by atoms with van der Waals surface area (Å²) in [5.74, 6) is 0.860. The van der Waals surface area contributed by atoms with Crippen LogP contribution in [0.1, 0.15) is 30.4 Å². The minimum atomic E-state index is 0.621. The number of rotatable bonds is 3. The minimum Gasteiger partial charge on any atom is -0.323 e. The van der Waals surface area contributed by atoms with Gasteiger partial charge in [-0.15, -0.1) is 0 Å². The number of hydrogen-bond acceptors (Lipinski definition) is 2. The van der Waals surface area contributed by atoms with Crippen LogP contribution in [-0.2, 0) is 13.5 Å². The number of aryl methyl sites for hydroxylation is 2. The third-order valence-electron chi connectivity index (χ3n) is 3.19. The van der Waals surface area contributed by atoms with Crippen LogP contribution in [0.5, 0.6) is 0 Å². The van der Waals surface area contributed by atoms with Crippen molar-refractivity contribution in [2.24, 2.45) is 7.05 Å². The van der Waals surface area contributed by atoms with Gasteiger partial charge in [-0.05, 0) is 18.9 Å². The normalized spacial score (nSPS) is 10.3. The maximum atomic E-state index is 9.20. The fourth-order valence-corrected chi connectivity index (χ4v) is 2.06. The predicted octanol–water partition coefficient (Wildman–Crippen LogP) is 3.22. The molecule has 2 aromatic rings. The Kier molecular flexibility index (Phi) is 3.47. The summed E-state index contributed by atoms with van der Waals surface area (Å²) >= 11 is 0. The molecule has 3 nitrogen and oxygen atoms in total. The number of imidazole rings is 1. The van der Waals surface area contributed by atoms with Crippen LogP contribution < -0.4 is 0 Å². The van der Waals surface area contributed by atoms with Crippen LogP contribution in [0.4, 0.5) is 0 Å². The standard InChI is InChI=1S/C15H17N3/c1-4-5-12-6-8-13(9-7-12)15-14(10-16)18(3)11(2)17-15/h6-9H,4-5H2,1-3H3. The molecule has 0 bridgehead atoms. The van der Waals surface area contributed by atoms with Gasteiger partial charge < -0.3 is 4.57 Å². The second-order valence-electron chi connectivity index (χ2n) is 4.47. The first-order valence-corrected chi connectivity index (χ1v) is 6.20. The van der Waals surface area contributed by atoms with Crippen LogP contribution in [0.3, 0.4) is 0 Å². The zero-order chi connectivity index (χ0) is 13.1. The predicted molar refractivity (Wildman–Crippen MR) is 72.1 cm³/mol. The highest BCUT2D eigenvalue weighted by atomic mass is 15.1. The lowest BCUT2D eigenvalue weighted by molar-refractivity contribution is 0.845. The zero-order valence-corrected chi connectivity index (χ0v) is 11.1. The zero-order valence-electron chi connectivity index (χ0n) is 11.1. The van der Waals surface area contributed by atoms with E-state index in [9.17, 15) is 5.26 Å². The molecule has 2 rings (SSSR count). The summed E-state index contributed by atoms with van der Waals surface area (Å²) in [4.78, 5) is 4.47. The first-order chi connectivity index (χ1) is 8.67. The first kappa shape index (κ1) is 12.4. The molecule has 0 N–H and O–H groups in total. The third-order valence-corrected chi connectivity index (χ3v) is 3.19. The van der Waals surface area contributed by atoms with E-state index in [0.717, 1.165) is 29.9 Å². The van der Waals surface area contributed by atoms with Gasteiger partial charge in [-0.3, -0.25) is 0 Å². The molecule has 92 valence electrons. The molecule has 18 heavy (non-hydrogen) atoms. The van der Waals surface area contributed by atoms with Crippen molar-refractivity contribution in [2.75, 3.05) is 0 Å². The monoisotopic (exact) mass is 239 g/mol. The van der Waals surface area contributed by atoms with Gasteiger partial charge in [0.25, 0.3) is 0 Å². The topological polar surface area (TPSA) is 41.6 Å². The van der Waals surface area contributed by atoms with E-state index >= 15 is 0 Å². The Bertz CT molecular complexity index is 585. The average molecular weight is 239 g/mol. The van der Waals surface area contributed by atoms with Gasteiger partial charge >= 0.3 is 0 Å². The Morgan fingerprint density at radius 2 is 1.94 bits per heavy atom. The van der Waals surface area contributed by atoms with Gasteiger partial charge in [-0.1, -0.05) is 37.6 Å². The molecule has 1 heterocycles. The Balaban J connectivity index is 2.43. The van der Waals surface area contributed by atoms with Crippen molar-refractivity contribution in [1.29, 1.82) is 5.26 Å². The van der Waals surface area contributed by atoms with E-state index in [-0.39, 0.29) is 0 Å². The SMILES string of the molecule is CCCc1ccc(-c2nc(C)n(C)c2C#N)cc1. The van der Waals surface area contributed by atoms with Gasteiger partial charge in [0.05, 0.1) is 0 Å². The Hall–Kier alpha value is -2.08. The molecule has 0 saturated heterocycles. The lowest BCUT2D eigenvalue weighted by Crippen LogP contribution is -1.94. The van der Waals surface area contributed by atoms with Crippen molar-refractivity contribution in [3.8, 4) is 17.3 Å². The van der Waals surface area contributed by atoms with Gasteiger partial charge in [-0.2, -0.15) is 5.26 Å². The summed E-state index contributed by atoms with van der Waals surface area (Å²) in [5, 5.41) is 9.20. The van der Waals surface area contributed by atoms with Crippen LogP contribution >= 0.6 is 0 Å². The Labute approximate surface area is 108 Å². The largest absolute Gasteiger partial charge is 0.323 e. The van der Waals surface area contributed by atoms with Crippen molar-refractivity contribution in [2.45, 2.75) is 26.7 Å². The van der Waals surface area contributed by atoms with Crippen molar-refractivity contribution in [3.63, 3.8) is 0 Å². The summed E-state index contributed by atoms with van der Waals surface area (Å²) in [6.07, 6.45) is 2.23. The molecule has 0 fully saturated rings. The summed E-state index contributed by atoms with van der Waals surface area (Å²) in [6, 6.07) is 10.6. The van der Waals surface area contributed by atoms with E-state index in [0.29, 0.717) is 5.69 Å². The minimum absolute atomic E-state index is 0.621. The molecule has 1 aromatic heterocycles. The van der Waals surface area contributed by atoms with Crippen molar-refractivity contribution in [1.82, 2.24) is 9.55 Å². The molecule has 0 spiro atoms. The lowest BCUT2D eigenvalue weighted by atomic mass is 10.1. The quantitative estimate of drug-likeness (QED) is 0.825. The van der Waals surface area contributed by atoms with Gasteiger partial charge in [-0.25, -0.2) is 4.98 Å². The van der Waals surface area contributed by atoms with Gasteiger partial charge in [0.15, 0.2) is 0 Å². The van der Waals surface area contributed by atoms with E-state index in [2.05, 4.69) is 30.1 Å². The smallest absolute Gasteiger partial charge is 0.147 e. The van der Waals surface area contributed by atoms with Gasteiger partial charge in [0.1, 0.15) is 23.3 Å². The molecule has 1 aromatic carbocycles. The second kappa shape index (κ2) is 5.05. The third kappa shape index (κ3) is 2.14. The summed E-state index contributed by atoms with van der Waals surface area (Å²) < 4.78 is 1.83. The molecule has 0 aliphatic carbocycles. The summed E-state index contributed by atoms with van der Waals surface area (Å²) in [6.45, 7) is 4.08. The molecule has 0 aliphatic rings. The maximum Gasteiger partial charge on any atom is 0.147 e. The maximum absolute atomic E-state index is 9.20. The van der Waals surface area contributed by atoms with Crippen LogP contribution in [0, 0.1) is 18.3 Å². The highest BCUT2D eigenvalue weighted by Gasteiger charge is 2.13. The van der Waals surface area contributed by atoms with Crippen LogP contribution in [0.2, 0.25) is 0 Å². The molecular formula is C15H17N3. The second-order valence-corrected chi connectivity index (χ2v) is 4.47. The van der Waals surface area contributed by atoms with E-state index in [1.165, 1.54) is 5.56 Å². The highest BCUT2D eigenvalue weighted by molar-refractivity contribution is 5.65. The van der Waals surface area contributed by atoms with E-state index in [4.69, 9.17) is 0 Å². The van der Waals surface area contributed by atoms with Crippen LogP contribution in [-0.4, -0.2) is 9.55 Å². The highest BCUT2D eigenvalue weighted by Crippen LogP contribution is 2.23. The van der Waals surface area contributed by atoms with Crippen molar-refractivity contribution >= 4 is 0 Å². The van der Waals surface area contributed by atoms with Gasteiger partial charge in [0.2, 0.25) is 0 Å². The number of nitrogens with zero attached hydrogens (tertiary/aromatic N) is 3. The molecule has 0 atom stereocenters. The van der Waals surface area contributed by atoms with E-state index < -0.39 is 0 Å². The number of nitriles is 1. The lowest BCUT2D eigenvalue weighted by Gasteiger charge is -2.01. The van der Waals surface area contributed by atoms with Crippen LogP contribution in [0.15, 0.2) is 24.3 Å². The number of hydrogen-bond donors (Lipinski definition) is 0. The van der Waals surface area contributed by atoms with Crippen LogP contribution in [0.25, 0.3) is 11.3 Å². The molecule has 0 aliphatic heterocycles. The van der Waals surface area contributed by atoms with Crippen molar-refractivity contribution < 1.29 is 0 Å². The summed E-state index contributed by atoms with van der Waals surface area (Å²) in [5.41, 5.74) is 3.74. The van der Waals surface area contributed by atoms with Gasteiger partial charge in [0, 0.05) is 12.6 Å².